The molecule has 0 aromatic rings. The normalized spacial score (nSPS) is 39.6. The summed E-state index contributed by atoms with van der Waals surface area (Å²) in [6.07, 6.45) is 18.1. The smallest absolute Gasteiger partial charge is 0.0322 e. The molecule has 0 bridgehead atoms. The highest BCUT2D eigenvalue weighted by Gasteiger charge is 2.29. The van der Waals surface area contributed by atoms with E-state index in [-0.39, 0.29) is 0 Å². The molecule has 2 aliphatic rings. The molecule has 2 rings (SSSR count). The van der Waals surface area contributed by atoms with Crippen LogP contribution in [0.3, 0.4) is 0 Å². The van der Waals surface area contributed by atoms with Crippen molar-refractivity contribution in [3.8, 4) is 0 Å². The highest BCUT2D eigenvalue weighted by atomic mass is 14.3. The van der Waals surface area contributed by atoms with Crippen LogP contribution in [0.4, 0.5) is 0 Å². The quantitative estimate of drug-likeness (QED) is 0.559. The Balaban J connectivity index is 1.71. The molecule has 0 aromatic carbocycles. The first-order valence-corrected chi connectivity index (χ1v) is 7.90. The first-order valence-electron chi connectivity index (χ1n) is 7.90. The summed E-state index contributed by atoms with van der Waals surface area (Å²) in [4.78, 5) is 0. The van der Waals surface area contributed by atoms with Crippen LogP contribution in [-0.4, -0.2) is 0 Å². The number of hydrogen-bond acceptors (Lipinski definition) is 0. The van der Waals surface area contributed by atoms with Gasteiger partial charge in [0.2, 0.25) is 0 Å². The maximum absolute atomic E-state index is 2.43. The minimum atomic E-state index is 1.00. The monoisotopic (exact) mass is 234 g/mol. The van der Waals surface area contributed by atoms with Gasteiger partial charge >= 0.3 is 0 Å². The topological polar surface area (TPSA) is 0 Å². The molecule has 0 heterocycles. The molecular weight excluding hydrogens is 204 g/mol. The molecule has 0 unspecified atom stereocenters. The van der Waals surface area contributed by atoms with E-state index in [0.29, 0.717) is 0 Å². The first kappa shape index (κ1) is 13.2. The summed E-state index contributed by atoms with van der Waals surface area (Å²) in [5, 5.41) is 0. The SMILES string of the molecule is CC=CCC1CCC(C2CCC(C)CC2)CC1. The van der Waals surface area contributed by atoms with Crippen LogP contribution < -0.4 is 0 Å². The Bertz CT molecular complexity index is 224. The van der Waals surface area contributed by atoms with Gasteiger partial charge in [-0.15, -0.1) is 0 Å². The van der Waals surface area contributed by atoms with E-state index in [1.165, 1.54) is 57.8 Å². The van der Waals surface area contributed by atoms with E-state index in [4.69, 9.17) is 0 Å². The van der Waals surface area contributed by atoms with Crippen LogP contribution in [0.2, 0.25) is 0 Å². The van der Waals surface area contributed by atoms with Gasteiger partial charge in [0.1, 0.15) is 0 Å². The predicted molar refractivity (Wildman–Crippen MR) is 76.0 cm³/mol. The van der Waals surface area contributed by atoms with Crippen molar-refractivity contribution in [2.24, 2.45) is 23.7 Å². The van der Waals surface area contributed by atoms with Gasteiger partial charge in [0.15, 0.2) is 0 Å². The average molecular weight is 234 g/mol. The van der Waals surface area contributed by atoms with Gasteiger partial charge in [0.25, 0.3) is 0 Å². The molecule has 0 aliphatic heterocycles. The second-order valence-corrected chi connectivity index (χ2v) is 6.61. The molecule has 0 atom stereocenters. The van der Waals surface area contributed by atoms with Gasteiger partial charge in [-0.3, -0.25) is 0 Å². The fourth-order valence-corrected chi connectivity index (χ4v) is 3.98. The zero-order chi connectivity index (χ0) is 12.1. The van der Waals surface area contributed by atoms with E-state index in [9.17, 15) is 0 Å². The van der Waals surface area contributed by atoms with Crippen LogP contribution in [0.15, 0.2) is 12.2 Å². The van der Waals surface area contributed by atoms with E-state index in [2.05, 4.69) is 26.0 Å². The third-order valence-corrected chi connectivity index (χ3v) is 5.32. The Kier molecular flexibility index (Phi) is 5.13. The van der Waals surface area contributed by atoms with Crippen LogP contribution in [0.25, 0.3) is 0 Å². The highest BCUT2D eigenvalue weighted by Crippen LogP contribution is 2.41. The summed E-state index contributed by atoms with van der Waals surface area (Å²) in [6.45, 7) is 4.58. The Morgan fingerprint density at radius 3 is 1.88 bits per heavy atom. The van der Waals surface area contributed by atoms with Crippen molar-refractivity contribution in [3.63, 3.8) is 0 Å². The van der Waals surface area contributed by atoms with Crippen molar-refractivity contribution >= 4 is 0 Å². The molecule has 0 heteroatoms. The lowest BCUT2D eigenvalue weighted by Crippen LogP contribution is -2.25. The summed E-state index contributed by atoms with van der Waals surface area (Å²) < 4.78 is 0. The van der Waals surface area contributed by atoms with Crippen LogP contribution >= 0.6 is 0 Å². The second-order valence-electron chi connectivity index (χ2n) is 6.61. The maximum Gasteiger partial charge on any atom is -0.0322 e. The lowest BCUT2D eigenvalue weighted by Gasteiger charge is -2.37. The molecule has 2 fully saturated rings. The largest absolute Gasteiger partial charge is 0.0917 e. The average Bonchev–Trinajstić information content (AvgIpc) is 2.38. The minimum absolute atomic E-state index is 1.00. The molecule has 2 saturated carbocycles. The molecule has 0 nitrogen and oxygen atoms in total. The lowest BCUT2D eigenvalue weighted by atomic mass is 9.69. The van der Waals surface area contributed by atoms with Gasteiger partial charge in [0.05, 0.1) is 0 Å². The van der Waals surface area contributed by atoms with Crippen molar-refractivity contribution in [3.05, 3.63) is 12.2 Å². The summed E-state index contributed by atoms with van der Waals surface area (Å²) in [7, 11) is 0. The van der Waals surface area contributed by atoms with Crippen molar-refractivity contribution in [2.45, 2.75) is 71.6 Å². The van der Waals surface area contributed by atoms with Crippen molar-refractivity contribution < 1.29 is 0 Å². The van der Waals surface area contributed by atoms with Crippen LogP contribution in [-0.2, 0) is 0 Å². The third kappa shape index (κ3) is 3.86. The van der Waals surface area contributed by atoms with Crippen molar-refractivity contribution in [1.82, 2.24) is 0 Å². The number of rotatable bonds is 3. The van der Waals surface area contributed by atoms with Gasteiger partial charge in [-0.1, -0.05) is 31.9 Å². The van der Waals surface area contributed by atoms with Gasteiger partial charge < -0.3 is 0 Å². The molecule has 0 amide bonds. The highest BCUT2D eigenvalue weighted by molar-refractivity contribution is 4.85. The molecule has 0 spiro atoms. The zero-order valence-electron chi connectivity index (χ0n) is 11.8. The van der Waals surface area contributed by atoms with Gasteiger partial charge in [0, 0.05) is 0 Å². The van der Waals surface area contributed by atoms with E-state index >= 15 is 0 Å². The molecule has 0 radical (unpaired) electrons. The van der Waals surface area contributed by atoms with Gasteiger partial charge in [-0.25, -0.2) is 0 Å². The predicted octanol–water partition coefficient (Wildman–Crippen LogP) is 5.59. The first-order chi connectivity index (χ1) is 8.29. The van der Waals surface area contributed by atoms with Crippen LogP contribution in [0.1, 0.15) is 71.6 Å². The van der Waals surface area contributed by atoms with Crippen LogP contribution in [0, 0.1) is 23.7 Å². The number of hydrogen-bond donors (Lipinski definition) is 0. The minimum Gasteiger partial charge on any atom is -0.0917 e. The standard InChI is InChI=1S/C17H30/c1-3-4-5-15-8-12-17(13-9-15)16-10-6-14(2)7-11-16/h3-4,14-17H,5-13H2,1-2H3. The van der Waals surface area contributed by atoms with Crippen molar-refractivity contribution in [1.29, 1.82) is 0 Å². The zero-order valence-corrected chi connectivity index (χ0v) is 11.8. The third-order valence-electron chi connectivity index (χ3n) is 5.32. The van der Waals surface area contributed by atoms with E-state index in [1.54, 1.807) is 0 Å². The second kappa shape index (κ2) is 6.61. The Morgan fingerprint density at radius 2 is 1.35 bits per heavy atom. The van der Waals surface area contributed by atoms with Gasteiger partial charge in [-0.2, -0.15) is 0 Å². The number of allylic oxidation sites excluding steroid dienone is 2. The molecular formula is C17H30. The molecule has 0 saturated heterocycles. The Hall–Kier alpha value is -0.260. The van der Waals surface area contributed by atoms with Gasteiger partial charge in [-0.05, 0) is 75.5 Å². The van der Waals surface area contributed by atoms with E-state index in [0.717, 1.165) is 23.7 Å². The molecule has 0 aromatic heterocycles. The molecule has 2 aliphatic carbocycles. The summed E-state index contributed by atoms with van der Waals surface area (Å²) in [6, 6.07) is 0. The Labute approximate surface area is 108 Å². The lowest BCUT2D eigenvalue weighted by molar-refractivity contribution is 0.151. The fraction of sp³-hybridized carbons (Fsp3) is 0.882. The molecule has 0 N–H and O–H groups in total. The fourth-order valence-electron chi connectivity index (χ4n) is 3.98. The van der Waals surface area contributed by atoms with E-state index in [1.807, 2.05) is 0 Å². The molecule has 17 heavy (non-hydrogen) atoms. The summed E-state index contributed by atoms with van der Waals surface area (Å²) in [5.41, 5.74) is 0. The Morgan fingerprint density at radius 1 is 0.824 bits per heavy atom. The van der Waals surface area contributed by atoms with Crippen LogP contribution in [0.5, 0.6) is 0 Å². The molecule has 98 valence electrons. The van der Waals surface area contributed by atoms with Crippen molar-refractivity contribution in [2.75, 3.05) is 0 Å². The van der Waals surface area contributed by atoms with E-state index < -0.39 is 0 Å². The maximum atomic E-state index is 2.43. The summed E-state index contributed by atoms with van der Waals surface area (Å²) in [5.74, 6) is 4.19. The summed E-state index contributed by atoms with van der Waals surface area (Å²) >= 11 is 0.